The van der Waals surface area contributed by atoms with Crippen molar-refractivity contribution in [2.75, 3.05) is 4.90 Å². The Bertz CT molecular complexity index is 492. The van der Waals surface area contributed by atoms with Crippen LogP contribution in [0.2, 0.25) is 0 Å². The van der Waals surface area contributed by atoms with E-state index in [0.717, 1.165) is 42.5 Å². The average molecular weight is 242 g/mol. The molecule has 1 aromatic carbocycles. The monoisotopic (exact) mass is 242 g/mol. The molecule has 3 nitrogen and oxygen atoms in total. The van der Waals surface area contributed by atoms with Gasteiger partial charge in [-0.15, -0.1) is 0 Å². The number of aliphatic hydroxyl groups is 1. The first-order valence-electron chi connectivity index (χ1n) is 6.66. The summed E-state index contributed by atoms with van der Waals surface area (Å²) < 4.78 is 0. The van der Waals surface area contributed by atoms with Gasteiger partial charge in [-0.2, -0.15) is 5.26 Å². The van der Waals surface area contributed by atoms with Crippen LogP contribution in [0.4, 0.5) is 5.69 Å². The summed E-state index contributed by atoms with van der Waals surface area (Å²) in [5.74, 6) is 0. The Kier molecular flexibility index (Phi) is 2.76. The van der Waals surface area contributed by atoms with E-state index in [1.54, 1.807) is 0 Å². The maximum atomic E-state index is 9.83. The molecule has 0 aromatic heterocycles. The molecule has 2 aliphatic heterocycles. The normalized spacial score (nSPS) is 30.3. The molecule has 0 saturated carbocycles. The third-order valence-corrected chi connectivity index (χ3v) is 4.26. The largest absolute Gasteiger partial charge is 0.393 e. The smallest absolute Gasteiger partial charge is 0.101 e. The van der Waals surface area contributed by atoms with Crippen molar-refractivity contribution in [3.8, 4) is 6.07 Å². The van der Waals surface area contributed by atoms with E-state index in [-0.39, 0.29) is 6.10 Å². The van der Waals surface area contributed by atoms with Gasteiger partial charge in [0.2, 0.25) is 0 Å². The van der Waals surface area contributed by atoms with E-state index in [1.807, 2.05) is 13.0 Å². The molecule has 94 valence electrons. The second kappa shape index (κ2) is 4.29. The standard InChI is InChI=1S/C15H18N2O/c1-10-2-5-15(11(6-10)9-16)17-12-3-4-13(17)8-14(18)7-12/h2,5-6,12-14,18H,3-4,7-8H2,1H3. The number of anilines is 1. The minimum atomic E-state index is -0.158. The minimum absolute atomic E-state index is 0.158. The van der Waals surface area contributed by atoms with E-state index in [9.17, 15) is 10.4 Å². The number of aliphatic hydroxyl groups excluding tert-OH is 1. The number of hydrogen-bond acceptors (Lipinski definition) is 3. The SMILES string of the molecule is Cc1ccc(N2C3CCC2CC(O)C3)c(C#N)c1. The Morgan fingerprint density at radius 3 is 2.56 bits per heavy atom. The number of piperidine rings is 1. The lowest BCUT2D eigenvalue weighted by molar-refractivity contribution is 0.126. The zero-order valence-corrected chi connectivity index (χ0v) is 10.6. The molecule has 2 fully saturated rings. The molecule has 2 saturated heterocycles. The third kappa shape index (κ3) is 1.77. The zero-order chi connectivity index (χ0) is 12.7. The minimum Gasteiger partial charge on any atom is -0.393 e. The molecule has 3 rings (SSSR count). The van der Waals surface area contributed by atoms with Gasteiger partial charge in [-0.25, -0.2) is 0 Å². The van der Waals surface area contributed by atoms with Crippen LogP contribution >= 0.6 is 0 Å². The molecule has 0 spiro atoms. The maximum Gasteiger partial charge on any atom is 0.101 e. The summed E-state index contributed by atoms with van der Waals surface area (Å²) in [6.45, 7) is 2.01. The molecule has 3 heteroatoms. The van der Waals surface area contributed by atoms with Gasteiger partial charge in [-0.05, 0) is 50.3 Å². The van der Waals surface area contributed by atoms with Gasteiger partial charge in [-0.3, -0.25) is 0 Å². The van der Waals surface area contributed by atoms with Gasteiger partial charge >= 0.3 is 0 Å². The Morgan fingerprint density at radius 2 is 1.94 bits per heavy atom. The highest BCUT2D eigenvalue weighted by atomic mass is 16.3. The summed E-state index contributed by atoms with van der Waals surface area (Å²) in [6, 6.07) is 9.23. The van der Waals surface area contributed by atoms with Crippen LogP contribution in [0.5, 0.6) is 0 Å². The lowest BCUT2D eigenvalue weighted by atomic mass is 9.97. The number of hydrogen-bond donors (Lipinski definition) is 1. The summed E-state index contributed by atoms with van der Waals surface area (Å²) in [7, 11) is 0. The quantitative estimate of drug-likeness (QED) is 0.822. The fourth-order valence-corrected chi connectivity index (χ4v) is 3.51. The van der Waals surface area contributed by atoms with Crippen molar-refractivity contribution in [1.29, 1.82) is 5.26 Å². The summed E-state index contributed by atoms with van der Waals surface area (Å²) >= 11 is 0. The van der Waals surface area contributed by atoms with Crippen molar-refractivity contribution in [3.05, 3.63) is 29.3 Å². The summed E-state index contributed by atoms with van der Waals surface area (Å²) in [6.07, 6.45) is 3.81. The first-order valence-corrected chi connectivity index (χ1v) is 6.66. The van der Waals surface area contributed by atoms with Crippen LogP contribution < -0.4 is 4.90 Å². The van der Waals surface area contributed by atoms with Crippen LogP contribution in [-0.4, -0.2) is 23.3 Å². The average Bonchev–Trinajstić information content (AvgIpc) is 2.62. The topological polar surface area (TPSA) is 47.3 Å². The number of nitrogens with zero attached hydrogens (tertiary/aromatic N) is 2. The summed E-state index contributed by atoms with van der Waals surface area (Å²) in [5.41, 5.74) is 2.95. The van der Waals surface area contributed by atoms with Crippen LogP contribution in [0.25, 0.3) is 0 Å². The first-order chi connectivity index (χ1) is 8.69. The van der Waals surface area contributed by atoms with Crippen molar-refractivity contribution >= 4 is 5.69 Å². The fourth-order valence-electron chi connectivity index (χ4n) is 3.51. The van der Waals surface area contributed by atoms with Crippen LogP contribution in [0.3, 0.4) is 0 Å². The Balaban J connectivity index is 1.99. The van der Waals surface area contributed by atoms with Gasteiger partial charge < -0.3 is 10.0 Å². The molecule has 2 aliphatic rings. The van der Waals surface area contributed by atoms with Crippen molar-refractivity contribution in [2.45, 2.75) is 50.8 Å². The lowest BCUT2D eigenvalue weighted by Gasteiger charge is -2.39. The van der Waals surface area contributed by atoms with Gasteiger partial charge in [-0.1, -0.05) is 6.07 Å². The number of fused-ring (bicyclic) bond motifs is 2. The van der Waals surface area contributed by atoms with Gasteiger partial charge in [0.25, 0.3) is 0 Å². The molecular weight excluding hydrogens is 224 g/mol. The second-order valence-corrected chi connectivity index (χ2v) is 5.55. The molecular formula is C15H18N2O. The molecule has 0 amide bonds. The molecule has 2 unspecified atom stereocenters. The molecule has 1 N–H and O–H groups in total. The molecule has 0 aliphatic carbocycles. The molecule has 2 heterocycles. The number of benzene rings is 1. The highest BCUT2D eigenvalue weighted by Crippen LogP contribution is 2.40. The summed E-state index contributed by atoms with van der Waals surface area (Å²) in [4.78, 5) is 2.38. The molecule has 18 heavy (non-hydrogen) atoms. The Hall–Kier alpha value is -1.53. The molecule has 0 radical (unpaired) electrons. The number of aryl methyl sites for hydroxylation is 1. The summed E-state index contributed by atoms with van der Waals surface area (Å²) in [5, 5.41) is 19.1. The first kappa shape index (κ1) is 11.6. The highest BCUT2D eigenvalue weighted by molar-refractivity contribution is 5.62. The number of rotatable bonds is 1. The van der Waals surface area contributed by atoms with Gasteiger partial charge in [0.1, 0.15) is 6.07 Å². The van der Waals surface area contributed by atoms with Crippen LogP contribution in [0.15, 0.2) is 18.2 Å². The van der Waals surface area contributed by atoms with E-state index in [4.69, 9.17) is 0 Å². The lowest BCUT2D eigenvalue weighted by Crippen LogP contribution is -2.45. The highest BCUT2D eigenvalue weighted by Gasteiger charge is 2.40. The van der Waals surface area contributed by atoms with Crippen molar-refractivity contribution in [3.63, 3.8) is 0 Å². The van der Waals surface area contributed by atoms with Crippen molar-refractivity contribution < 1.29 is 5.11 Å². The second-order valence-electron chi connectivity index (χ2n) is 5.55. The van der Waals surface area contributed by atoms with E-state index < -0.39 is 0 Å². The van der Waals surface area contributed by atoms with Gasteiger partial charge in [0.05, 0.1) is 17.4 Å². The fraction of sp³-hybridized carbons (Fsp3) is 0.533. The van der Waals surface area contributed by atoms with Crippen LogP contribution in [0, 0.1) is 18.3 Å². The molecule has 2 atom stereocenters. The van der Waals surface area contributed by atoms with Gasteiger partial charge in [0.15, 0.2) is 0 Å². The van der Waals surface area contributed by atoms with Crippen molar-refractivity contribution in [2.24, 2.45) is 0 Å². The predicted octanol–water partition coefficient (Wildman–Crippen LogP) is 2.36. The molecule has 1 aromatic rings. The van der Waals surface area contributed by atoms with E-state index in [0.29, 0.717) is 12.1 Å². The predicted molar refractivity (Wildman–Crippen MR) is 70.4 cm³/mol. The van der Waals surface area contributed by atoms with Crippen molar-refractivity contribution in [1.82, 2.24) is 0 Å². The van der Waals surface area contributed by atoms with Gasteiger partial charge in [0, 0.05) is 12.1 Å². The van der Waals surface area contributed by atoms with E-state index >= 15 is 0 Å². The third-order valence-electron chi connectivity index (χ3n) is 4.26. The Morgan fingerprint density at radius 1 is 1.28 bits per heavy atom. The zero-order valence-electron chi connectivity index (χ0n) is 10.6. The van der Waals surface area contributed by atoms with E-state index in [1.165, 1.54) is 0 Å². The molecule has 2 bridgehead atoms. The number of nitriles is 1. The Labute approximate surface area is 108 Å². The van der Waals surface area contributed by atoms with E-state index in [2.05, 4.69) is 23.1 Å². The maximum absolute atomic E-state index is 9.83. The van der Waals surface area contributed by atoms with Crippen LogP contribution in [-0.2, 0) is 0 Å². The van der Waals surface area contributed by atoms with Crippen LogP contribution in [0.1, 0.15) is 36.8 Å².